The maximum Gasteiger partial charge on any atom is 0.240 e. The van der Waals surface area contributed by atoms with E-state index >= 15 is 0 Å². The molecule has 0 unspecified atom stereocenters. The Hall–Kier alpha value is -2.41. The molecular formula is C12H14N4O3. The van der Waals surface area contributed by atoms with Gasteiger partial charge in [-0.15, -0.1) is 0 Å². The van der Waals surface area contributed by atoms with Gasteiger partial charge in [0.05, 0.1) is 13.1 Å². The van der Waals surface area contributed by atoms with Crippen LogP contribution >= 0.6 is 0 Å². The van der Waals surface area contributed by atoms with E-state index in [0.717, 1.165) is 5.75 Å². The van der Waals surface area contributed by atoms with Crippen LogP contribution in [0, 0.1) is 0 Å². The smallest absolute Gasteiger partial charge is 0.240 e. The topological polar surface area (TPSA) is 103 Å². The highest BCUT2D eigenvalue weighted by Gasteiger charge is 2.07. The molecule has 0 saturated carbocycles. The zero-order valence-electron chi connectivity index (χ0n) is 10.2. The number of benzene rings is 1. The second-order valence-electron chi connectivity index (χ2n) is 3.78. The van der Waals surface area contributed by atoms with E-state index in [1.165, 1.54) is 0 Å². The summed E-state index contributed by atoms with van der Waals surface area (Å²) < 4.78 is 10.4. The lowest BCUT2D eigenvalue weighted by atomic mass is 10.3. The maximum absolute atomic E-state index is 10.5. The molecule has 0 fully saturated rings. The third-order valence-electron chi connectivity index (χ3n) is 2.20. The predicted molar refractivity (Wildman–Crippen MR) is 66.0 cm³/mol. The number of amides is 1. The Kier molecular flexibility index (Phi) is 4.46. The first kappa shape index (κ1) is 13.0. The fourth-order valence-electron chi connectivity index (χ4n) is 1.38. The van der Waals surface area contributed by atoms with E-state index in [2.05, 4.69) is 15.5 Å². The minimum Gasteiger partial charge on any atom is -0.485 e. The van der Waals surface area contributed by atoms with Gasteiger partial charge in [0.2, 0.25) is 17.6 Å². The van der Waals surface area contributed by atoms with Gasteiger partial charge in [0.1, 0.15) is 5.75 Å². The standard InChI is InChI=1S/C12H14N4O3/c13-10(17)6-14-7-12-15-11(16-19-12)8-18-9-4-2-1-3-5-9/h1-5,14H,6-8H2,(H2,13,17). The molecule has 1 aromatic carbocycles. The van der Waals surface area contributed by atoms with Crippen LogP contribution in [-0.4, -0.2) is 22.6 Å². The van der Waals surface area contributed by atoms with E-state index < -0.39 is 5.91 Å². The van der Waals surface area contributed by atoms with Gasteiger partial charge in [-0.1, -0.05) is 23.4 Å². The molecule has 1 amide bonds. The maximum atomic E-state index is 10.5. The molecule has 0 aliphatic carbocycles. The molecule has 2 rings (SSSR count). The van der Waals surface area contributed by atoms with Crippen molar-refractivity contribution in [3.8, 4) is 5.75 Å². The van der Waals surface area contributed by atoms with Crippen molar-refractivity contribution in [2.45, 2.75) is 13.2 Å². The van der Waals surface area contributed by atoms with Gasteiger partial charge in [-0.25, -0.2) is 0 Å². The molecule has 0 radical (unpaired) electrons. The SMILES string of the molecule is NC(=O)CNCc1nc(COc2ccccc2)no1. The average Bonchev–Trinajstić information content (AvgIpc) is 2.85. The zero-order chi connectivity index (χ0) is 13.5. The molecule has 100 valence electrons. The van der Waals surface area contributed by atoms with Crippen LogP contribution in [0.2, 0.25) is 0 Å². The van der Waals surface area contributed by atoms with Crippen molar-refractivity contribution in [1.29, 1.82) is 0 Å². The number of nitrogens with zero attached hydrogens (tertiary/aromatic N) is 2. The Morgan fingerprint density at radius 2 is 2.16 bits per heavy atom. The van der Waals surface area contributed by atoms with Crippen molar-refractivity contribution >= 4 is 5.91 Å². The molecule has 0 spiro atoms. The Morgan fingerprint density at radius 1 is 1.37 bits per heavy atom. The van der Waals surface area contributed by atoms with E-state index in [1.807, 2.05) is 30.3 Å². The van der Waals surface area contributed by atoms with Crippen LogP contribution in [0.4, 0.5) is 0 Å². The molecule has 1 aromatic heterocycles. The Labute approximate surface area is 109 Å². The summed E-state index contributed by atoms with van der Waals surface area (Å²) >= 11 is 0. The number of para-hydroxylation sites is 1. The van der Waals surface area contributed by atoms with Gasteiger partial charge >= 0.3 is 0 Å². The van der Waals surface area contributed by atoms with Crippen LogP contribution in [0.25, 0.3) is 0 Å². The summed E-state index contributed by atoms with van der Waals surface area (Å²) in [7, 11) is 0. The van der Waals surface area contributed by atoms with Crippen LogP contribution in [0.3, 0.4) is 0 Å². The van der Waals surface area contributed by atoms with Crippen molar-refractivity contribution < 1.29 is 14.1 Å². The van der Waals surface area contributed by atoms with Crippen molar-refractivity contribution in [2.24, 2.45) is 5.73 Å². The summed E-state index contributed by atoms with van der Waals surface area (Å²) in [5.41, 5.74) is 4.99. The van der Waals surface area contributed by atoms with Crippen molar-refractivity contribution in [3.63, 3.8) is 0 Å². The number of primary amides is 1. The highest BCUT2D eigenvalue weighted by Crippen LogP contribution is 2.10. The lowest BCUT2D eigenvalue weighted by Crippen LogP contribution is -2.28. The van der Waals surface area contributed by atoms with E-state index in [0.29, 0.717) is 18.3 Å². The number of hydrogen-bond donors (Lipinski definition) is 2. The lowest BCUT2D eigenvalue weighted by Gasteiger charge is -2.01. The second kappa shape index (κ2) is 6.50. The largest absolute Gasteiger partial charge is 0.485 e. The summed E-state index contributed by atoms with van der Waals surface area (Å²) in [4.78, 5) is 14.6. The first-order valence-corrected chi connectivity index (χ1v) is 5.72. The van der Waals surface area contributed by atoms with Crippen molar-refractivity contribution in [1.82, 2.24) is 15.5 Å². The molecule has 1 heterocycles. The number of ether oxygens (including phenoxy) is 1. The number of aromatic nitrogens is 2. The molecule has 0 atom stereocenters. The van der Waals surface area contributed by atoms with Gasteiger partial charge in [0, 0.05) is 0 Å². The highest BCUT2D eigenvalue weighted by atomic mass is 16.5. The number of nitrogens with one attached hydrogen (secondary N) is 1. The predicted octanol–water partition coefficient (Wildman–Crippen LogP) is 0.223. The molecule has 3 N–H and O–H groups in total. The van der Waals surface area contributed by atoms with Gasteiger partial charge in [-0.3, -0.25) is 10.1 Å². The van der Waals surface area contributed by atoms with E-state index in [4.69, 9.17) is 15.0 Å². The molecule has 0 saturated heterocycles. The Bertz CT molecular complexity index is 527. The van der Waals surface area contributed by atoms with Crippen molar-refractivity contribution in [3.05, 3.63) is 42.0 Å². The fraction of sp³-hybridized carbons (Fsp3) is 0.250. The van der Waals surface area contributed by atoms with Crippen LogP contribution in [0.1, 0.15) is 11.7 Å². The van der Waals surface area contributed by atoms with Crippen LogP contribution < -0.4 is 15.8 Å². The van der Waals surface area contributed by atoms with Crippen LogP contribution in [0.15, 0.2) is 34.9 Å². The van der Waals surface area contributed by atoms with Gasteiger partial charge in [-0.2, -0.15) is 4.98 Å². The first-order valence-electron chi connectivity index (χ1n) is 5.72. The quantitative estimate of drug-likeness (QED) is 0.740. The lowest BCUT2D eigenvalue weighted by molar-refractivity contribution is -0.117. The molecule has 0 aliphatic rings. The van der Waals surface area contributed by atoms with E-state index in [1.54, 1.807) is 0 Å². The molecule has 2 aromatic rings. The summed E-state index contributed by atoms with van der Waals surface area (Å²) in [6.07, 6.45) is 0. The Balaban J connectivity index is 1.79. The van der Waals surface area contributed by atoms with E-state index in [9.17, 15) is 4.79 Å². The summed E-state index contributed by atoms with van der Waals surface area (Å²) in [5, 5.41) is 6.54. The number of hydrogen-bond acceptors (Lipinski definition) is 6. The van der Waals surface area contributed by atoms with Gasteiger partial charge < -0.3 is 15.0 Å². The van der Waals surface area contributed by atoms with E-state index in [-0.39, 0.29) is 13.2 Å². The summed E-state index contributed by atoms with van der Waals surface area (Å²) in [6, 6.07) is 9.35. The molecule has 7 heteroatoms. The van der Waals surface area contributed by atoms with Crippen LogP contribution in [-0.2, 0) is 17.9 Å². The third-order valence-corrected chi connectivity index (χ3v) is 2.20. The van der Waals surface area contributed by atoms with Crippen molar-refractivity contribution in [2.75, 3.05) is 6.54 Å². The number of nitrogens with two attached hydrogens (primary N) is 1. The summed E-state index contributed by atoms with van der Waals surface area (Å²) in [6.45, 7) is 0.586. The monoisotopic (exact) mass is 262 g/mol. The number of carbonyl (C=O) groups excluding carboxylic acids is 1. The number of carbonyl (C=O) groups is 1. The minimum absolute atomic E-state index is 0.0677. The summed E-state index contributed by atoms with van der Waals surface area (Å²) in [5.74, 6) is 1.13. The molecule has 7 nitrogen and oxygen atoms in total. The first-order chi connectivity index (χ1) is 9.24. The molecule has 0 bridgehead atoms. The minimum atomic E-state index is -0.438. The molecule has 19 heavy (non-hydrogen) atoms. The second-order valence-corrected chi connectivity index (χ2v) is 3.78. The van der Waals surface area contributed by atoms with Gasteiger partial charge in [0.15, 0.2) is 6.61 Å². The number of rotatable bonds is 7. The highest BCUT2D eigenvalue weighted by molar-refractivity contribution is 5.75. The fourth-order valence-corrected chi connectivity index (χ4v) is 1.38. The third kappa shape index (κ3) is 4.40. The Morgan fingerprint density at radius 3 is 2.89 bits per heavy atom. The molecule has 0 aliphatic heterocycles. The zero-order valence-corrected chi connectivity index (χ0v) is 10.2. The van der Waals surface area contributed by atoms with Crippen LogP contribution in [0.5, 0.6) is 5.75 Å². The normalized spacial score (nSPS) is 10.3. The van der Waals surface area contributed by atoms with Gasteiger partial charge in [0.25, 0.3) is 0 Å². The molecular weight excluding hydrogens is 248 g/mol. The van der Waals surface area contributed by atoms with Gasteiger partial charge in [-0.05, 0) is 12.1 Å². The average molecular weight is 262 g/mol.